The molecule has 0 fully saturated rings. The van der Waals surface area contributed by atoms with Crippen molar-refractivity contribution in [3.05, 3.63) is 11.6 Å². The van der Waals surface area contributed by atoms with Gasteiger partial charge in [-0.1, -0.05) is 39.7 Å². The van der Waals surface area contributed by atoms with Crippen LogP contribution in [0.25, 0.3) is 0 Å². The number of rotatable bonds is 11. The SMILES string of the molecule is CCC(C)OC(/C=C(\C)CCCC(C)C)OC(C)CC. The summed E-state index contributed by atoms with van der Waals surface area (Å²) in [5.74, 6) is 0.784. The Morgan fingerprint density at radius 2 is 1.45 bits per heavy atom. The monoisotopic (exact) mass is 284 g/mol. The normalized spacial score (nSPS) is 17.3. The van der Waals surface area contributed by atoms with Gasteiger partial charge in [0.1, 0.15) is 0 Å². The summed E-state index contributed by atoms with van der Waals surface area (Å²) in [6.45, 7) is 15.2. The third-order valence-corrected chi connectivity index (χ3v) is 3.66. The van der Waals surface area contributed by atoms with E-state index in [0.717, 1.165) is 25.2 Å². The number of ether oxygens (including phenoxy) is 2. The van der Waals surface area contributed by atoms with Crippen LogP contribution in [0, 0.1) is 5.92 Å². The van der Waals surface area contributed by atoms with Gasteiger partial charge in [-0.3, -0.25) is 0 Å². The first-order valence-electron chi connectivity index (χ1n) is 8.37. The molecule has 120 valence electrons. The number of hydrogen-bond acceptors (Lipinski definition) is 2. The molecule has 0 aliphatic carbocycles. The first kappa shape index (κ1) is 19.7. The summed E-state index contributed by atoms with van der Waals surface area (Å²) in [6.07, 6.45) is 8.15. The molecule has 2 atom stereocenters. The lowest BCUT2D eigenvalue weighted by Gasteiger charge is -2.23. The van der Waals surface area contributed by atoms with Crippen LogP contribution >= 0.6 is 0 Å². The van der Waals surface area contributed by atoms with Crippen LogP contribution < -0.4 is 0 Å². The Bertz CT molecular complexity index is 246. The Labute approximate surface area is 126 Å². The quantitative estimate of drug-likeness (QED) is 0.357. The average Bonchev–Trinajstić information content (AvgIpc) is 2.37. The molecule has 0 rings (SSSR count). The molecule has 2 nitrogen and oxygen atoms in total. The van der Waals surface area contributed by atoms with Gasteiger partial charge in [0, 0.05) is 0 Å². The Morgan fingerprint density at radius 3 is 1.85 bits per heavy atom. The highest BCUT2D eigenvalue weighted by molar-refractivity contribution is 5.00. The molecular weight excluding hydrogens is 248 g/mol. The molecule has 0 amide bonds. The molecule has 0 bridgehead atoms. The third-order valence-electron chi connectivity index (χ3n) is 3.66. The van der Waals surface area contributed by atoms with Crippen LogP contribution in [-0.4, -0.2) is 18.5 Å². The highest BCUT2D eigenvalue weighted by Gasteiger charge is 2.13. The zero-order valence-corrected chi connectivity index (χ0v) is 14.7. The first-order chi connectivity index (χ1) is 9.38. The second-order valence-electron chi connectivity index (χ2n) is 6.38. The van der Waals surface area contributed by atoms with Crippen LogP contribution in [-0.2, 0) is 9.47 Å². The first-order valence-corrected chi connectivity index (χ1v) is 8.37. The molecular formula is C18H36O2. The molecule has 0 aliphatic heterocycles. The van der Waals surface area contributed by atoms with Gasteiger partial charge in [0.15, 0.2) is 6.29 Å². The molecule has 0 spiro atoms. The molecule has 2 heteroatoms. The summed E-state index contributed by atoms with van der Waals surface area (Å²) in [5, 5.41) is 0. The van der Waals surface area contributed by atoms with E-state index in [0.29, 0.717) is 0 Å². The van der Waals surface area contributed by atoms with Gasteiger partial charge in [-0.15, -0.1) is 0 Å². The lowest BCUT2D eigenvalue weighted by Crippen LogP contribution is -2.25. The van der Waals surface area contributed by atoms with E-state index in [1.54, 1.807) is 0 Å². The largest absolute Gasteiger partial charge is 0.346 e. The van der Waals surface area contributed by atoms with E-state index in [9.17, 15) is 0 Å². The van der Waals surface area contributed by atoms with Crippen LogP contribution in [0.5, 0.6) is 0 Å². The molecule has 0 saturated heterocycles. The van der Waals surface area contributed by atoms with E-state index in [1.807, 2.05) is 0 Å². The van der Waals surface area contributed by atoms with Gasteiger partial charge in [-0.25, -0.2) is 0 Å². The minimum absolute atomic E-state index is 0.195. The lowest BCUT2D eigenvalue weighted by molar-refractivity contribution is -0.161. The van der Waals surface area contributed by atoms with Crippen LogP contribution in [0.4, 0.5) is 0 Å². The van der Waals surface area contributed by atoms with E-state index in [4.69, 9.17) is 9.47 Å². The maximum absolute atomic E-state index is 5.97. The van der Waals surface area contributed by atoms with Crippen molar-refractivity contribution in [3.63, 3.8) is 0 Å². The van der Waals surface area contributed by atoms with Gasteiger partial charge in [0.25, 0.3) is 0 Å². The van der Waals surface area contributed by atoms with E-state index in [-0.39, 0.29) is 18.5 Å². The van der Waals surface area contributed by atoms with Crippen molar-refractivity contribution in [2.24, 2.45) is 5.92 Å². The Balaban J connectivity index is 4.42. The van der Waals surface area contributed by atoms with Crippen molar-refractivity contribution < 1.29 is 9.47 Å². The molecule has 2 unspecified atom stereocenters. The van der Waals surface area contributed by atoms with E-state index in [1.165, 1.54) is 18.4 Å². The molecule has 0 saturated carbocycles. The molecule has 0 aromatic heterocycles. The van der Waals surface area contributed by atoms with Gasteiger partial charge >= 0.3 is 0 Å². The van der Waals surface area contributed by atoms with Gasteiger partial charge in [0.2, 0.25) is 0 Å². The fraction of sp³-hybridized carbons (Fsp3) is 0.889. The van der Waals surface area contributed by atoms with Gasteiger partial charge in [-0.05, 0) is 58.4 Å². The van der Waals surface area contributed by atoms with Gasteiger partial charge in [-0.2, -0.15) is 0 Å². The molecule has 0 radical (unpaired) electrons. The van der Waals surface area contributed by atoms with E-state index < -0.39 is 0 Å². The predicted octanol–water partition coefficient (Wildman–Crippen LogP) is 5.72. The molecule has 20 heavy (non-hydrogen) atoms. The summed E-state index contributed by atoms with van der Waals surface area (Å²) < 4.78 is 11.9. The van der Waals surface area contributed by atoms with E-state index >= 15 is 0 Å². The molecule has 0 aromatic carbocycles. The van der Waals surface area contributed by atoms with Crippen molar-refractivity contribution in [1.29, 1.82) is 0 Å². The summed E-state index contributed by atoms with van der Waals surface area (Å²) in [5.41, 5.74) is 1.38. The van der Waals surface area contributed by atoms with Crippen molar-refractivity contribution in [2.45, 2.75) is 99.1 Å². The summed E-state index contributed by atoms with van der Waals surface area (Å²) in [7, 11) is 0. The standard InChI is InChI=1S/C18H36O2/c1-8-16(6)19-18(20-17(7)9-2)13-15(5)12-10-11-14(3)4/h13-14,16-18H,8-12H2,1-7H3/b15-13+. The smallest absolute Gasteiger partial charge is 0.177 e. The topological polar surface area (TPSA) is 18.5 Å². The fourth-order valence-electron chi connectivity index (χ4n) is 1.87. The zero-order valence-electron chi connectivity index (χ0n) is 14.7. The summed E-state index contributed by atoms with van der Waals surface area (Å²) in [4.78, 5) is 0. The van der Waals surface area contributed by atoms with Crippen molar-refractivity contribution >= 4 is 0 Å². The second-order valence-corrected chi connectivity index (χ2v) is 6.38. The lowest BCUT2D eigenvalue weighted by atomic mass is 10.0. The van der Waals surface area contributed by atoms with Crippen molar-refractivity contribution in [3.8, 4) is 0 Å². The second kappa shape index (κ2) is 11.3. The van der Waals surface area contributed by atoms with Gasteiger partial charge < -0.3 is 9.47 Å². The summed E-state index contributed by atoms with van der Waals surface area (Å²) >= 11 is 0. The Kier molecular flexibility index (Phi) is 11.1. The van der Waals surface area contributed by atoms with Crippen LogP contribution in [0.1, 0.15) is 80.6 Å². The molecule has 0 heterocycles. The van der Waals surface area contributed by atoms with Crippen LogP contribution in [0.15, 0.2) is 11.6 Å². The van der Waals surface area contributed by atoms with Crippen molar-refractivity contribution in [2.75, 3.05) is 0 Å². The van der Waals surface area contributed by atoms with Gasteiger partial charge in [0.05, 0.1) is 12.2 Å². The maximum Gasteiger partial charge on any atom is 0.177 e. The van der Waals surface area contributed by atoms with Crippen molar-refractivity contribution in [1.82, 2.24) is 0 Å². The zero-order chi connectivity index (χ0) is 15.5. The highest BCUT2D eigenvalue weighted by Crippen LogP contribution is 2.16. The Hall–Kier alpha value is -0.340. The number of allylic oxidation sites excluding steroid dienone is 1. The third kappa shape index (κ3) is 10.4. The van der Waals surface area contributed by atoms with E-state index in [2.05, 4.69) is 54.5 Å². The Morgan fingerprint density at radius 1 is 0.950 bits per heavy atom. The minimum atomic E-state index is -0.195. The number of hydrogen-bond donors (Lipinski definition) is 0. The van der Waals surface area contributed by atoms with Crippen LogP contribution in [0.2, 0.25) is 0 Å². The molecule has 0 aromatic rings. The average molecular weight is 284 g/mol. The fourth-order valence-corrected chi connectivity index (χ4v) is 1.87. The summed E-state index contributed by atoms with van der Waals surface area (Å²) in [6, 6.07) is 0. The molecule has 0 aliphatic rings. The highest BCUT2D eigenvalue weighted by atomic mass is 16.7. The minimum Gasteiger partial charge on any atom is -0.346 e. The maximum atomic E-state index is 5.97. The molecule has 0 N–H and O–H groups in total. The van der Waals surface area contributed by atoms with Crippen LogP contribution in [0.3, 0.4) is 0 Å². The predicted molar refractivity (Wildman–Crippen MR) is 87.9 cm³/mol.